The third-order valence-corrected chi connectivity index (χ3v) is 13.2. The van der Waals surface area contributed by atoms with E-state index in [1.54, 1.807) is 84.9 Å². The van der Waals surface area contributed by atoms with Crippen molar-refractivity contribution < 1.29 is 181 Å². The van der Waals surface area contributed by atoms with Crippen LogP contribution in [0.4, 0.5) is 0 Å². The fourth-order valence-corrected chi connectivity index (χ4v) is 8.58. The van der Waals surface area contributed by atoms with Gasteiger partial charge in [-0.3, -0.25) is 19.2 Å². The topological polar surface area (TPSA) is 446 Å². The van der Waals surface area contributed by atoms with E-state index in [0.29, 0.717) is 59.0 Å². The van der Waals surface area contributed by atoms with Crippen molar-refractivity contribution in [2.45, 2.75) is 19.3 Å². The van der Waals surface area contributed by atoms with Gasteiger partial charge in [-0.05, 0) is 210 Å². The molecule has 0 bridgehead atoms. The Hall–Kier alpha value is -8.00. The van der Waals surface area contributed by atoms with E-state index < -0.39 is 38.6 Å². The smallest absolute Gasteiger partial charge is 0.337 e. The Morgan fingerprint density at radius 1 is 0.383 bits per heavy atom. The molecule has 0 atom stereocenters. The maximum atomic E-state index is 12.4. The molecular weight excluding hydrogens is 1690 g/mol. The number of methoxy groups -OCH3 is 1. The van der Waals surface area contributed by atoms with Gasteiger partial charge in [-0.2, -0.15) is 0 Å². The molecule has 94 heavy (non-hydrogen) atoms. The van der Waals surface area contributed by atoms with Gasteiger partial charge in [0.25, 0.3) is 44.4 Å². The van der Waals surface area contributed by atoms with Crippen LogP contribution < -0.4 is 41.1 Å². The number of nitrogens with two attached hydrogens (primary N) is 2. The van der Waals surface area contributed by atoms with Crippen molar-refractivity contribution in [2.24, 2.45) is 11.5 Å². The molecule has 0 saturated carbocycles. The molecular formula is C64H64Ac2N6O20S2-2. The largest absolute Gasteiger partial charge is 0.716 e. The predicted octanol–water partition coefficient (Wildman–Crippen LogP) is 6.58. The number of carbonyl (C=O) groups excluding carboxylic acids is 5. The van der Waals surface area contributed by atoms with Crippen LogP contribution in [0.15, 0.2) is 182 Å². The summed E-state index contributed by atoms with van der Waals surface area (Å²) >= 11 is 0. The number of fused-ring (bicyclic) bond motifs is 3. The second kappa shape index (κ2) is 40.3. The number of amides is 4. The first-order valence-corrected chi connectivity index (χ1v) is 30.2. The fraction of sp³-hybridized carbons (Fsp3) is 0.156. The van der Waals surface area contributed by atoms with Gasteiger partial charge in [0, 0.05) is 137 Å². The van der Waals surface area contributed by atoms with Gasteiger partial charge in [-0.25, -0.2) is 26.4 Å². The molecule has 2 radical (unpaired) electrons. The number of rotatable bonds is 20. The zero-order valence-corrected chi connectivity index (χ0v) is 61.3. The number of hydrogen-bond donors (Lipinski definition) is 11. The number of carboxylic acids is 1. The SMILES string of the molecule is COC(=O)c1ccc(O)cc1.NCCCN.O=C(NCCCNC(=O)c1ccc2cc(O)ccc2c1)c1ccc(O)cc1.O=C(NCCCNC(=O)c1ccc2cc(OS(=O)(=O)[O-])ccc2c1)c1ccc(OS(=O)(=O)[O-])cc1.O=C(O)c1ccc2cc(O)ccc2c1.[Ac].[Ac]. The second-order valence-corrected chi connectivity index (χ2v) is 21.2. The van der Waals surface area contributed by atoms with E-state index in [1.807, 2.05) is 0 Å². The van der Waals surface area contributed by atoms with Crippen molar-refractivity contribution in [3.8, 4) is 34.5 Å². The summed E-state index contributed by atoms with van der Waals surface area (Å²) in [4.78, 5) is 70.1. The minimum Gasteiger partial charge on any atom is -0.716 e. The number of nitrogens with one attached hydrogen (secondary N) is 4. The predicted molar refractivity (Wildman–Crippen MR) is 338 cm³/mol. The van der Waals surface area contributed by atoms with E-state index in [-0.39, 0.29) is 165 Å². The van der Waals surface area contributed by atoms with Gasteiger partial charge < -0.3 is 80.5 Å². The number of hydrogen-bond acceptors (Lipinski definition) is 21. The molecule has 0 aromatic heterocycles. The summed E-state index contributed by atoms with van der Waals surface area (Å²) < 4.78 is 76.7. The molecule has 490 valence electrons. The van der Waals surface area contributed by atoms with Crippen molar-refractivity contribution in [3.63, 3.8) is 0 Å². The standard InChI is InChI=1S/C21H20N2O10S2.C21H20N2O4.C11H8O3.C8H8O3.C3H10N2.2Ac/c24-20(14-4-7-18(8-5-14)32-34(26,27)28)22-10-1-11-23-21(25)17-3-2-16-13-19(33-35(29,30)31)9-6-15(16)12-17;24-18-7-4-14(5-8-18)20(26)22-10-1-11-23-21(27)17-3-2-16-13-19(25)9-6-15(16)12-17;12-10-4-3-7-5-9(11(13)14)2-1-8(7)6-10;1-11-8(10)6-2-4-7(9)5-3-6;4-2-1-3-5;;/h2-9,12-13H,1,10-11H2,(H,22,24)(H,23,25)(H,26,27,28)(H,29,30,31);2-9,12-13,24-25H,1,10-11H2,(H,22,26)(H,23,27);1-6,12H,(H,13,14);2-5,9H,1H3;1-5H2;;/p-2. The molecule has 30 heteroatoms. The van der Waals surface area contributed by atoms with E-state index in [4.69, 9.17) is 21.7 Å². The van der Waals surface area contributed by atoms with Gasteiger partial charge >= 0.3 is 11.9 Å². The quantitative estimate of drug-likeness (QED) is 0.0166. The maximum absolute atomic E-state index is 12.4. The Morgan fingerprint density at radius 2 is 0.670 bits per heavy atom. The van der Waals surface area contributed by atoms with Crippen molar-refractivity contribution in [1.82, 2.24) is 21.3 Å². The molecule has 0 aliphatic rings. The van der Waals surface area contributed by atoms with Gasteiger partial charge in [0.2, 0.25) is 0 Å². The molecule has 0 spiro atoms. The second-order valence-electron chi connectivity index (χ2n) is 19.3. The van der Waals surface area contributed by atoms with Crippen LogP contribution in [0.25, 0.3) is 32.3 Å². The normalized spacial score (nSPS) is 10.4. The van der Waals surface area contributed by atoms with Crippen LogP contribution in [0.3, 0.4) is 0 Å². The summed E-state index contributed by atoms with van der Waals surface area (Å²) in [6.07, 6.45) is 1.96. The number of ether oxygens (including phenoxy) is 1. The molecule has 0 fully saturated rings. The zero-order chi connectivity index (χ0) is 67.4. The number of aromatic carboxylic acids is 1. The third kappa shape index (κ3) is 28.7. The van der Waals surface area contributed by atoms with Crippen LogP contribution >= 0.6 is 0 Å². The van der Waals surface area contributed by atoms with Crippen LogP contribution in [0, 0.1) is 88.1 Å². The molecule has 0 aliphatic carbocycles. The minimum absolute atomic E-state index is 0. The van der Waals surface area contributed by atoms with Gasteiger partial charge in [0.1, 0.15) is 34.5 Å². The first kappa shape index (κ1) is 80.2. The van der Waals surface area contributed by atoms with Crippen molar-refractivity contribution in [2.75, 3.05) is 46.4 Å². The van der Waals surface area contributed by atoms with Gasteiger partial charge in [0.05, 0.1) is 18.2 Å². The van der Waals surface area contributed by atoms with E-state index in [0.717, 1.165) is 41.1 Å². The summed E-state index contributed by atoms with van der Waals surface area (Å²) in [5.41, 5.74) is 12.4. The summed E-state index contributed by atoms with van der Waals surface area (Å²) in [5.74, 6) is -2.27. The molecule has 4 amide bonds. The van der Waals surface area contributed by atoms with Crippen LogP contribution in [-0.4, -0.2) is 133 Å². The molecule has 0 unspecified atom stereocenters. The molecule has 9 aromatic rings. The summed E-state index contributed by atoms with van der Waals surface area (Å²) in [5, 5.41) is 61.0. The van der Waals surface area contributed by atoms with Crippen LogP contribution in [0.5, 0.6) is 34.5 Å². The molecule has 26 nitrogen and oxygen atoms in total. The van der Waals surface area contributed by atoms with E-state index in [9.17, 15) is 70.0 Å². The summed E-state index contributed by atoms with van der Waals surface area (Å²) in [6, 6.07) is 45.6. The third-order valence-electron chi connectivity index (χ3n) is 12.4. The number of phenols is 4. The van der Waals surface area contributed by atoms with E-state index in [1.165, 1.54) is 104 Å². The maximum Gasteiger partial charge on any atom is 0.337 e. The zero-order valence-electron chi connectivity index (χ0n) is 50.2. The van der Waals surface area contributed by atoms with Crippen LogP contribution in [0.2, 0.25) is 0 Å². The number of carbonyl (C=O) groups is 6. The number of aromatic hydroxyl groups is 4. The van der Waals surface area contributed by atoms with E-state index >= 15 is 0 Å². The summed E-state index contributed by atoms with van der Waals surface area (Å²) in [6.45, 7) is 2.81. The monoisotopic (exact) mass is 1750 g/mol. The molecule has 0 aliphatic heterocycles. The average Bonchev–Trinajstić information content (AvgIpc) is 0.959. The Balaban J connectivity index is 0.000000342. The molecule has 9 aromatic carbocycles. The number of esters is 1. The molecule has 0 heterocycles. The molecule has 0 saturated heterocycles. The van der Waals surface area contributed by atoms with Gasteiger partial charge in [-0.1, -0.05) is 36.4 Å². The first-order valence-electron chi connectivity index (χ1n) is 27.6. The number of phenolic OH excluding ortho intramolecular Hbond substituents is 4. The Labute approximate surface area is 612 Å². The first-order chi connectivity index (χ1) is 43.7. The summed E-state index contributed by atoms with van der Waals surface area (Å²) in [7, 11) is -8.47. The Morgan fingerprint density at radius 3 is 1.04 bits per heavy atom. The Kier molecular flexibility index (Phi) is 34.4. The van der Waals surface area contributed by atoms with Crippen molar-refractivity contribution in [1.29, 1.82) is 0 Å². The molecule has 9 rings (SSSR count). The Bertz CT molecular complexity index is 4250. The van der Waals surface area contributed by atoms with Crippen LogP contribution in [0.1, 0.15) is 81.4 Å². The van der Waals surface area contributed by atoms with Crippen molar-refractivity contribution in [3.05, 3.63) is 215 Å². The minimum atomic E-state index is -4.90. The number of carboxylic acid groups (broad SMARTS) is 1. The van der Waals surface area contributed by atoms with Gasteiger partial charge in [-0.15, -0.1) is 0 Å². The molecule has 13 N–H and O–H groups in total. The van der Waals surface area contributed by atoms with Crippen LogP contribution in [-0.2, 0) is 25.5 Å². The fourth-order valence-electron chi connectivity index (χ4n) is 7.89. The average molecular weight is 1760 g/mol. The number of benzene rings is 9. The van der Waals surface area contributed by atoms with E-state index in [2.05, 4.69) is 34.4 Å². The van der Waals surface area contributed by atoms with Crippen molar-refractivity contribution >= 4 is 88.7 Å². The van der Waals surface area contributed by atoms with Gasteiger partial charge in [0.15, 0.2) is 0 Å².